The number of benzene rings is 6. The standard InChI is InChI=1S/C35H21NO/c1-2-8-25-21(7-1)15-18-32-34(25)28-17-14-23-19-22-13-16-24(20-29(22)33(23)35(28)37-32)36-30-11-5-3-9-26(30)27-10-4-6-12-31(27)36/h1-18,20H,19H2. The maximum absolute atomic E-state index is 6.62. The van der Waals surface area contributed by atoms with Crippen molar-refractivity contribution in [1.29, 1.82) is 0 Å². The number of hydrogen-bond donors (Lipinski definition) is 0. The largest absolute Gasteiger partial charge is 0.455 e. The third-order valence-electron chi connectivity index (χ3n) is 8.20. The van der Waals surface area contributed by atoms with Crippen molar-refractivity contribution in [1.82, 2.24) is 4.57 Å². The average molecular weight is 472 g/mol. The Balaban J connectivity index is 1.35. The Morgan fingerprint density at radius 1 is 0.568 bits per heavy atom. The van der Waals surface area contributed by atoms with Crippen LogP contribution in [0.25, 0.3) is 71.3 Å². The highest BCUT2D eigenvalue weighted by atomic mass is 16.3. The normalized spacial score (nSPS) is 12.8. The summed E-state index contributed by atoms with van der Waals surface area (Å²) in [4.78, 5) is 0. The highest BCUT2D eigenvalue weighted by Gasteiger charge is 2.25. The van der Waals surface area contributed by atoms with Gasteiger partial charge in [-0.2, -0.15) is 0 Å². The van der Waals surface area contributed by atoms with Crippen molar-refractivity contribution < 1.29 is 4.42 Å². The fourth-order valence-electron chi connectivity index (χ4n) is 6.59. The SMILES string of the molecule is c1ccc2c(c1)ccc1oc3c4c(ccc3c12)Cc1ccc(-n2c3ccccc3c3ccccc32)cc1-4. The Morgan fingerprint density at radius 2 is 1.27 bits per heavy atom. The minimum atomic E-state index is 0.936. The Labute approximate surface area is 213 Å². The fourth-order valence-corrected chi connectivity index (χ4v) is 6.59. The van der Waals surface area contributed by atoms with E-state index in [2.05, 4.69) is 120 Å². The number of rotatable bonds is 1. The molecule has 6 aromatic carbocycles. The molecule has 1 aliphatic rings. The van der Waals surface area contributed by atoms with Crippen molar-refractivity contribution in [3.63, 3.8) is 0 Å². The predicted octanol–water partition coefficient (Wildman–Crippen LogP) is 9.41. The molecule has 0 aliphatic heterocycles. The van der Waals surface area contributed by atoms with Gasteiger partial charge in [-0.05, 0) is 64.2 Å². The first-order valence-corrected chi connectivity index (χ1v) is 12.8. The van der Waals surface area contributed by atoms with Crippen LogP contribution in [-0.2, 0) is 6.42 Å². The highest BCUT2D eigenvalue weighted by molar-refractivity contribution is 6.21. The van der Waals surface area contributed by atoms with E-state index in [1.54, 1.807) is 0 Å². The number of nitrogens with zero attached hydrogens (tertiary/aromatic N) is 1. The smallest absolute Gasteiger partial charge is 0.143 e. The Kier molecular flexibility index (Phi) is 3.61. The van der Waals surface area contributed by atoms with E-state index in [4.69, 9.17) is 4.42 Å². The van der Waals surface area contributed by atoms with Crippen LogP contribution in [0.2, 0.25) is 0 Å². The molecule has 0 atom stereocenters. The number of furan rings is 1. The van der Waals surface area contributed by atoms with Gasteiger partial charge in [0.25, 0.3) is 0 Å². The third-order valence-corrected chi connectivity index (χ3v) is 8.20. The molecule has 0 fully saturated rings. The molecule has 0 radical (unpaired) electrons. The molecule has 0 saturated carbocycles. The molecule has 8 aromatic rings. The lowest BCUT2D eigenvalue weighted by molar-refractivity contribution is 0.670. The van der Waals surface area contributed by atoms with Gasteiger partial charge in [-0.15, -0.1) is 0 Å². The summed E-state index contributed by atoms with van der Waals surface area (Å²) in [7, 11) is 0. The lowest BCUT2D eigenvalue weighted by Gasteiger charge is -2.11. The quantitative estimate of drug-likeness (QED) is 0.233. The van der Waals surface area contributed by atoms with Gasteiger partial charge in [0.15, 0.2) is 0 Å². The van der Waals surface area contributed by atoms with E-state index in [9.17, 15) is 0 Å². The maximum Gasteiger partial charge on any atom is 0.143 e. The fraction of sp³-hybridized carbons (Fsp3) is 0.0286. The topological polar surface area (TPSA) is 18.1 Å². The van der Waals surface area contributed by atoms with E-state index >= 15 is 0 Å². The second-order valence-corrected chi connectivity index (χ2v) is 10.1. The van der Waals surface area contributed by atoms with Crippen LogP contribution in [0, 0.1) is 0 Å². The van der Waals surface area contributed by atoms with Gasteiger partial charge < -0.3 is 8.98 Å². The van der Waals surface area contributed by atoms with Crippen molar-refractivity contribution in [3.05, 3.63) is 126 Å². The Morgan fingerprint density at radius 3 is 2.08 bits per heavy atom. The predicted molar refractivity (Wildman–Crippen MR) is 154 cm³/mol. The number of fused-ring (bicyclic) bond motifs is 12. The zero-order chi connectivity index (χ0) is 24.1. The van der Waals surface area contributed by atoms with E-state index in [1.165, 1.54) is 71.3 Å². The summed E-state index contributed by atoms with van der Waals surface area (Å²) in [5, 5.41) is 7.46. The zero-order valence-corrected chi connectivity index (χ0v) is 20.0. The van der Waals surface area contributed by atoms with Crippen LogP contribution in [0.1, 0.15) is 11.1 Å². The monoisotopic (exact) mass is 471 g/mol. The van der Waals surface area contributed by atoms with E-state index < -0.39 is 0 Å². The molecule has 9 rings (SSSR count). The van der Waals surface area contributed by atoms with Crippen LogP contribution in [0.3, 0.4) is 0 Å². The molecular weight excluding hydrogens is 450 g/mol. The highest BCUT2D eigenvalue weighted by Crippen LogP contribution is 2.46. The number of para-hydroxylation sites is 2. The summed E-state index contributed by atoms with van der Waals surface area (Å²) in [5.74, 6) is 0. The minimum Gasteiger partial charge on any atom is -0.455 e. The maximum atomic E-state index is 6.62. The summed E-state index contributed by atoms with van der Waals surface area (Å²) in [6.07, 6.45) is 0.936. The molecule has 2 heteroatoms. The van der Waals surface area contributed by atoms with E-state index in [0.29, 0.717) is 0 Å². The van der Waals surface area contributed by atoms with Crippen LogP contribution in [0.15, 0.2) is 120 Å². The van der Waals surface area contributed by atoms with Gasteiger partial charge in [0.1, 0.15) is 11.2 Å². The van der Waals surface area contributed by atoms with E-state index in [1.807, 2.05) is 0 Å². The first kappa shape index (κ1) is 19.4. The second kappa shape index (κ2) is 6.89. The summed E-state index contributed by atoms with van der Waals surface area (Å²) in [6, 6.07) is 41.8. The second-order valence-electron chi connectivity index (χ2n) is 10.1. The van der Waals surface area contributed by atoms with Crippen molar-refractivity contribution >= 4 is 54.5 Å². The molecule has 0 unspecified atom stereocenters. The van der Waals surface area contributed by atoms with Crippen LogP contribution in [0.5, 0.6) is 0 Å². The van der Waals surface area contributed by atoms with Crippen LogP contribution >= 0.6 is 0 Å². The van der Waals surface area contributed by atoms with Crippen LogP contribution in [0.4, 0.5) is 0 Å². The molecule has 0 bridgehead atoms. The van der Waals surface area contributed by atoms with Gasteiger partial charge in [-0.3, -0.25) is 0 Å². The summed E-state index contributed by atoms with van der Waals surface area (Å²) in [6.45, 7) is 0. The van der Waals surface area contributed by atoms with E-state index in [0.717, 1.165) is 17.6 Å². The Bertz CT molecular complexity index is 2170. The minimum absolute atomic E-state index is 0.936. The van der Waals surface area contributed by atoms with E-state index in [-0.39, 0.29) is 0 Å². The molecule has 2 aromatic heterocycles. The molecule has 0 amide bonds. The molecule has 1 aliphatic carbocycles. The summed E-state index contributed by atoms with van der Waals surface area (Å²) < 4.78 is 9.02. The van der Waals surface area contributed by atoms with Crippen LogP contribution in [-0.4, -0.2) is 4.57 Å². The Hall–Kier alpha value is -4.82. The van der Waals surface area contributed by atoms with Gasteiger partial charge in [0, 0.05) is 32.8 Å². The van der Waals surface area contributed by atoms with Gasteiger partial charge in [-0.1, -0.05) is 84.9 Å². The summed E-state index contributed by atoms with van der Waals surface area (Å²) >= 11 is 0. The molecule has 0 saturated heterocycles. The first-order valence-electron chi connectivity index (χ1n) is 12.8. The lowest BCUT2D eigenvalue weighted by atomic mass is 9.99. The molecular formula is C35H21NO. The van der Waals surface area contributed by atoms with Crippen molar-refractivity contribution in [2.45, 2.75) is 6.42 Å². The average Bonchev–Trinajstić information content (AvgIpc) is 3.62. The van der Waals surface area contributed by atoms with Crippen molar-refractivity contribution in [3.8, 4) is 16.8 Å². The third kappa shape index (κ3) is 2.49. The van der Waals surface area contributed by atoms with Gasteiger partial charge in [0.2, 0.25) is 0 Å². The lowest BCUT2D eigenvalue weighted by Crippen LogP contribution is -1.94. The molecule has 0 spiro atoms. The van der Waals surface area contributed by atoms with Crippen LogP contribution < -0.4 is 0 Å². The molecule has 172 valence electrons. The van der Waals surface area contributed by atoms with Gasteiger partial charge >= 0.3 is 0 Å². The molecule has 2 nitrogen and oxygen atoms in total. The molecule has 37 heavy (non-hydrogen) atoms. The molecule has 2 heterocycles. The molecule has 0 N–H and O–H groups in total. The van der Waals surface area contributed by atoms with Gasteiger partial charge in [0.05, 0.1) is 11.0 Å². The number of hydrogen-bond acceptors (Lipinski definition) is 1. The first-order chi connectivity index (χ1) is 18.3. The number of aromatic nitrogens is 1. The van der Waals surface area contributed by atoms with Gasteiger partial charge in [-0.25, -0.2) is 0 Å². The van der Waals surface area contributed by atoms with Crippen molar-refractivity contribution in [2.75, 3.05) is 0 Å². The zero-order valence-electron chi connectivity index (χ0n) is 20.0. The van der Waals surface area contributed by atoms with Crippen molar-refractivity contribution in [2.24, 2.45) is 0 Å². The summed E-state index contributed by atoms with van der Waals surface area (Å²) in [5.41, 5.74) is 10.8.